The van der Waals surface area contributed by atoms with Crippen molar-refractivity contribution in [3.8, 4) is 0 Å². The quantitative estimate of drug-likeness (QED) is 0.285. The van der Waals surface area contributed by atoms with Crippen molar-refractivity contribution in [3.63, 3.8) is 0 Å². The Bertz CT molecular complexity index is 235. The maximum absolute atomic E-state index is 10.7. The lowest BCUT2D eigenvalue weighted by molar-refractivity contribution is 0.273. The van der Waals surface area contributed by atoms with E-state index in [0.29, 0.717) is 6.42 Å². The molecule has 0 rings (SSSR count). The fourth-order valence-electron chi connectivity index (χ4n) is 2.88. The van der Waals surface area contributed by atoms with E-state index >= 15 is 0 Å². The summed E-state index contributed by atoms with van der Waals surface area (Å²) in [6.07, 6.45) is 11.9. The van der Waals surface area contributed by atoms with E-state index in [9.17, 15) is 4.39 Å². The van der Waals surface area contributed by atoms with Gasteiger partial charge in [0.25, 0.3) is 0 Å². The Morgan fingerprint density at radius 3 is 1.20 bits per heavy atom. The third kappa shape index (κ3) is 56.4. The van der Waals surface area contributed by atoms with Gasteiger partial charge in [0.15, 0.2) is 0 Å². The molecule has 1 heteroatoms. The van der Waals surface area contributed by atoms with Crippen molar-refractivity contribution in [3.05, 3.63) is 25.3 Å². The van der Waals surface area contributed by atoms with Crippen LogP contribution in [0.15, 0.2) is 25.3 Å². The summed E-state index contributed by atoms with van der Waals surface area (Å²) in [6, 6.07) is 0. The van der Waals surface area contributed by atoms with Crippen LogP contribution in [0.1, 0.15) is 141 Å². The van der Waals surface area contributed by atoms with Crippen LogP contribution in [0.5, 0.6) is 0 Å². The van der Waals surface area contributed by atoms with Crippen molar-refractivity contribution < 1.29 is 4.39 Å². The largest absolute Gasteiger partial charge is 0.251 e. The lowest BCUT2D eigenvalue weighted by Gasteiger charge is -2.24. The lowest BCUT2D eigenvalue weighted by atomic mass is 9.82. The summed E-state index contributed by atoms with van der Waals surface area (Å²) in [5.41, 5.74) is 1.17. The molecule has 30 heavy (non-hydrogen) atoms. The molecule has 0 spiro atoms. The first kappa shape index (κ1) is 43.3. The zero-order valence-electron chi connectivity index (χ0n) is 23.8. The van der Waals surface area contributed by atoms with Gasteiger partial charge >= 0.3 is 0 Å². The van der Waals surface area contributed by atoms with Gasteiger partial charge in [0.2, 0.25) is 0 Å². The molecule has 0 aromatic rings. The van der Waals surface area contributed by atoms with Gasteiger partial charge in [-0.3, -0.25) is 4.39 Å². The van der Waals surface area contributed by atoms with E-state index in [0.717, 1.165) is 17.8 Å². The number of hydrogen-bond donors (Lipinski definition) is 0. The highest BCUT2D eigenvalue weighted by Gasteiger charge is 2.16. The summed E-state index contributed by atoms with van der Waals surface area (Å²) < 4.78 is 10.7. The lowest BCUT2D eigenvalue weighted by Crippen LogP contribution is -2.12. The van der Waals surface area contributed by atoms with E-state index in [1.165, 1.54) is 56.9 Å². The Morgan fingerprint density at radius 1 is 0.667 bits per heavy atom. The summed E-state index contributed by atoms with van der Waals surface area (Å²) in [7, 11) is 0. The zero-order chi connectivity index (χ0) is 25.4. The van der Waals surface area contributed by atoms with Crippen molar-refractivity contribution in [1.82, 2.24) is 0 Å². The molecule has 0 heterocycles. The molecule has 0 aromatic carbocycles. The highest BCUT2D eigenvalue weighted by molar-refractivity contribution is 4.78. The first-order valence-electron chi connectivity index (χ1n) is 13.0. The summed E-state index contributed by atoms with van der Waals surface area (Å²) in [4.78, 5) is 0. The van der Waals surface area contributed by atoms with Crippen LogP contribution < -0.4 is 0 Å². The minimum absolute atomic E-state index is 0.181. The van der Waals surface area contributed by atoms with E-state index in [1.807, 2.05) is 41.5 Å². The van der Waals surface area contributed by atoms with E-state index < -0.39 is 0 Å². The molecule has 0 aromatic heterocycles. The van der Waals surface area contributed by atoms with Crippen LogP contribution in [0, 0.1) is 17.8 Å². The van der Waals surface area contributed by atoms with Crippen molar-refractivity contribution in [2.45, 2.75) is 141 Å². The van der Waals surface area contributed by atoms with Crippen LogP contribution in [-0.2, 0) is 0 Å². The fraction of sp³-hybridized carbons (Fsp3) is 0.862. The highest BCUT2D eigenvalue weighted by Crippen LogP contribution is 2.28. The third-order valence-electron chi connectivity index (χ3n) is 4.21. The Morgan fingerprint density at radius 2 is 0.967 bits per heavy atom. The van der Waals surface area contributed by atoms with Gasteiger partial charge in [-0.15, -0.1) is 19.7 Å². The number of allylic oxidation sites excluding steroid dienone is 1. The maximum Gasteiger partial charge on any atom is 0.0891 e. The summed E-state index contributed by atoms with van der Waals surface area (Å²) >= 11 is 0. The van der Waals surface area contributed by atoms with Crippen LogP contribution in [0.3, 0.4) is 0 Å². The maximum atomic E-state index is 10.7. The molecule has 0 aliphatic carbocycles. The van der Waals surface area contributed by atoms with Crippen LogP contribution in [0.4, 0.5) is 4.39 Å². The first-order chi connectivity index (χ1) is 14.3. The van der Waals surface area contributed by atoms with Crippen LogP contribution >= 0.6 is 0 Å². The Hall–Kier alpha value is -0.590. The van der Waals surface area contributed by atoms with Crippen molar-refractivity contribution >= 4 is 0 Å². The van der Waals surface area contributed by atoms with Gasteiger partial charge in [-0.1, -0.05) is 126 Å². The number of halogens is 1. The Balaban J connectivity index is -0.0000000846. The van der Waals surface area contributed by atoms with Crippen LogP contribution in [-0.4, -0.2) is 6.67 Å². The molecule has 0 nitrogen and oxygen atoms in total. The van der Waals surface area contributed by atoms with Crippen LogP contribution in [0.2, 0.25) is 0 Å². The monoisotopic (exact) mass is 433 g/mol. The van der Waals surface area contributed by atoms with E-state index in [4.69, 9.17) is 0 Å². The van der Waals surface area contributed by atoms with Crippen molar-refractivity contribution in [2.75, 3.05) is 6.67 Å². The smallest absolute Gasteiger partial charge is 0.0891 e. The van der Waals surface area contributed by atoms with Gasteiger partial charge < -0.3 is 0 Å². The minimum Gasteiger partial charge on any atom is -0.251 e. The molecule has 2 atom stereocenters. The zero-order valence-corrected chi connectivity index (χ0v) is 23.8. The number of hydrogen-bond acceptors (Lipinski definition) is 0. The second kappa shape index (κ2) is 46.6. The summed E-state index contributed by atoms with van der Waals surface area (Å²) in [6.45, 7) is 35.0. The number of alkyl halides is 1. The van der Waals surface area contributed by atoms with Gasteiger partial charge in [0.05, 0.1) is 6.67 Å². The van der Waals surface area contributed by atoms with Crippen molar-refractivity contribution in [1.29, 1.82) is 0 Å². The number of rotatable bonds is 11. The average Bonchev–Trinajstić information content (AvgIpc) is 2.76. The molecule has 0 radical (unpaired) electrons. The minimum atomic E-state index is -0.181. The van der Waals surface area contributed by atoms with Crippen molar-refractivity contribution in [2.24, 2.45) is 17.8 Å². The molecule has 188 valence electrons. The Labute approximate surface area is 195 Å². The van der Waals surface area contributed by atoms with Crippen LogP contribution in [0.25, 0.3) is 0 Å². The molecule has 0 N–H and O–H groups in total. The molecule has 0 amide bonds. The van der Waals surface area contributed by atoms with Gasteiger partial charge in [-0.05, 0) is 38.0 Å². The summed E-state index contributed by atoms with van der Waals surface area (Å²) in [5, 5.41) is 0. The second-order valence-electron chi connectivity index (χ2n) is 7.68. The standard InChI is InChI=1S/C16H34.C4H8.C3H7F.2C2H6.C2H4/c1-6-9-14(4)12-13-15(5)16(10-7-2)11-8-3;1-4(2)3;1-2-3-4;3*1-2/h14-16H,6-13H2,1-5H3;1H2,2-3H3;2-3H2,1H3;2*1-2H3;1-2H2. The van der Waals surface area contributed by atoms with E-state index in [1.54, 1.807) is 6.92 Å². The Kier molecular flexibility index (Phi) is 67.2. The molecule has 0 bridgehead atoms. The molecule has 0 saturated carbocycles. The molecular formula is C29H65F. The predicted molar refractivity (Wildman–Crippen MR) is 146 cm³/mol. The summed E-state index contributed by atoms with van der Waals surface area (Å²) in [5.74, 6) is 2.87. The predicted octanol–water partition coefficient (Wildman–Crippen LogP) is 11.9. The fourth-order valence-corrected chi connectivity index (χ4v) is 2.88. The third-order valence-corrected chi connectivity index (χ3v) is 4.21. The molecular weight excluding hydrogens is 367 g/mol. The molecule has 0 saturated heterocycles. The molecule has 0 fully saturated rings. The van der Waals surface area contributed by atoms with Gasteiger partial charge in [0.1, 0.15) is 0 Å². The SMILES string of the molecule is C=C.C=C(C)C.CC.CC.CCCC(C)CCC(C)C(CCC)CCC.CCCF. The first-order valence-corrected chi connectivity index (χ1v) is 13.0. The normalized spacial score (nSPS) is 10.6. The topological polar surface area (TPSA) is 0 Å². The van der Waals surface area contributed by atoms with E-state index in [2.05, 4.69) is 54.4 Å². The van der Waals surface area contributed by atoms with Gasteiger partial charge in [-0.25, -0.2) is 0 Å². The van der Waals surface area contributed by atoms with Gasteiger partial charge in [-0.2, -0.15) is 0 Å². The molecule has 0 aliphatic rings. The second-order valence-corrected chi connectivity index (χ2v) is 7.68. The molecule has 0 aliphatic heterocycles. The highest BCUT2D eigenvalue weighted by atomic mass is 19.1. The van der Waals surface area contributed by atoms with E-state index in [-0.39, 0.29) is 6.67 Å². The van der Waals surface area contributed by atoms with Gasteiger partial charge in [0, 0.05) is 0 Å². The molecule has 2 unspecified atom stereocenters. The average molecular weight is 433 g/mol.